The highest BCUT2D eigenvalue weighted by Gasteiger charge is 2.19. The van der Waals surface area contributed by atoms with Gasteiger partial charge >= 0.3 is 0 Å². The highest BCUT2D eigenvalue weighted by Crippen LogP contribution is 2.34. The summed E-state index contributed by atoms with van der Waals surface area (Å²) in [6.45, 7) is 0. The number of aromatic nitrogens is 1. The van der Waals surface area contributed by atoms with E-state index in [1.54, 1.807) is 7.05 Å². The zero-order chi connectivity index (χ0) is 12.7. The van der Waals surface area contributed by atoms with Crippen molar-refractivity contribution in [2.75, 3.05) is 12.4 Å². The quantitative estimate of drug-likeness (QED) is 0.836. The Morgan fingerprint density at radius 2 is 1.94 bits per heavy atom. The Morgan fingerprint density at radius 1 is 1.17 bits per heavy atom. The molecule has 4 heteroatoms. The molecule has 1 N–H and O–H groups in total. The highest BCUT2D eigenvalue weighted by atomic mass is 19.1. The van der Waals surface area contributed by atoms with Gasteiger partial charge in [-0.2, -0.15) is 0 Å². The van der Waals surface area contributed by atoms with Gasteiger partial charge < -0.3 is 5.32 Å². The molecule has 0 amide bonds. The van der Waals surface area contributed by atoms with Crippen molar-refractivity contribution >= 4 is 16.6 Å². The first-order valence-electron chi connectivity index (χ1n) is 6.19. The van der Waals surface area contributed by atoms with Crippen LogP contribution in [-0.2, 0) is 12.8 Å². The summed E-state index contributed by atoms with van der Waals surface area (Å²) in [5.41, 5.74) is 3.15. The van der Waals surface area contributed by atoms with Crippen LogP contribution >= 0.6 is 0 Å². The monoisotopic (exact) mass is 248 g/mol. The molecule has 3 rings (SSSR count). The van der Waals surface area contributed by atoms with Crippen molar-refractivity contribution in [3.05, 3.63) is 35.0 Å². The zero-order valence-electron chi connectivity index (χ0n) is 10.2. The van der Waals surface area contributed by atoms with Gasteiger partial charge in [-0.1, -0.05) is 0 Å². The van der Waals surface area contributed by atoms with Crippen LogP contribution in [0.2, 0.25) is 0 Å². The molecule has 0 spiro atoms. The topological polar surface area (TPSA) is 24.9 Å². The molecule has 1 heterocycles. The van der Waals surface area contributed by atoms with Crippen molar-refractivity contribution in [1.29, 1.82) is 0 Å². The number of anilines is 1. The van der Waals surface area contributed by atoms with Crippen LogP contribution in [0.1, 0.15) is 24.1 Å². The summed E-state index contributed by atoms with van der Waals surface area (Å²) >= 11 is 0. The van der Waals surface area contributed by atoms with E-state index in [1.165, 1.54) is 6.07 Å². The number of aryl methyl sites for hydroxylation is 1. The lowest BCUT2D eigenvalue weighted by Gasteiger charge is -2.20. The van der Waals surface area contributed by atoms with Gasteiger partial charge in [0.15, 0.2) is 5.82 Å². The van der Waals surface area contributed by atoms with Crippen LogP contribution in [-0.4, -0.2) is 12.0 Å². The van der Waals surface area contributed by atoms with Crippen molar-refractivity contribution in [2.45, 2.75) is 25.7 Å². The summed E-state index contributed by atoms with van der Waals surface area (Å²) in [4.78, 5) is 4.38. The number of rotatable bonds is 1. The molecule has 1 aliphatic rings. The van der Waals surface area contributed by atoms with Crippen LogP contribution in [0, 0.1) is 11.6 Å². The molecule has 0 unspecified atom stereocenters. The van der Waals surface area contributed by atoms with Crippen LogP contribution in [0.5, 0.6) is 0 Å². The number of nitrogens with zero attached hydrogens (tertiary/aromatic N) is 1. The minimum absolute atomic E-state index is 0.265. The average Bonchev–Trinajstić information content (AvgIpc) is 2.36. The van der Waals surface area contributed by atoms with E-state index in [1.807, 2.05) is 0 Å². The maximum atomic E-state index is 13.8. The first-order valence-corrected chi connectivity index (χ1v) is 6.19. The first-order chi connectivity index (χ1) is 8.70. The van der Waals surface area contributed by atoms with Gasteiger partial charge in [0.2, 0.25) is 0 Å². The lowest BCUT2D eigenvalue weighted by Crippen LogP contribution is -2.10. The second-order valence-electron chi connectivity index (χ2n) is 4.65. The number of fused-ring (bicyclic) bond motifs is 2. The van der Waals surface area contributed by atoms with E-state index in [9.17, 15) is 8.78 Å². The molecule has 1 aliphatic carbocycles. The van der Waals surface area contributed by atoms with Crippen LogP contribution in [0.15, 0.2) is 12.1 Å². The molecule has 18 heavy (non-hydrogen) atoms. The van der Waals surface area contributed by atoms with E-state index < -0.39 is 11.6 Å². The van der Waals surface area contributed by atoms with Gasteiger partial charge in [-0.05, 0) is 37.3 Å². The van der Waals surface area contributed by atoms with Gasteiger partial charge in [0, 0.05) is 29.9 Å². The largest absolute Gasteiger partial charge is 0.387 e. The van der Waals surface area contributed by atoms with E-state index in [4.69, 9.17) is 0 Å². The van der Waals surface area contributed by atoms with Crippen molar-refractivity contribution in [1.82, 2.24) is 4.98 Å². The summed E-state index contributed by atoms with van der Waals surface area (Å²) in [5.74, 6) is -1.15. The smallest absolute Gasteiger partial charge is 0.152 e. The van der Waals surface area contributed by atoms with Crippen LogP contribution in [0.3, 0.4) is 0 Å². The molecule has 1 aromatic carbocycles. The van der Waals surface area contributed by atoms with E-state index >= 15 is 0 Å². The SMILES string of the molecule is CNc1c2c(nc3c(F)cc(F)cc13)CCCC2. The number of benzene rings is 1. The van der Waals surface area contributed by atoms with E-state index in [2.05, 4.69) is 10.3 Å². The second-order valence-corrected chi connectivity index (χ2v) is 4.65. The minimum Gasteiger partial charge on any atom is -0.387 e. The fraction of sp³-hybridized carbons (Fsp3) is 0.357. The van der Waals surface area contributed by atoms with Crippen molar-refractivity contribution in [3.63, 3.8) is 0 Å². The fourth-order valence-electron chi connectivity index (χ4n) is 2.74. The molecular formula is C14H14F2N2. The van der Waals surface area contributed by atoms with E-state index in [-0.39, 0.29) is 5.52 Å². The maximum absolute atomic E-state index is 13.8. The third-order valence-electron chi connectivity index (χ3n) is 3.53. The number of pyridine rings is 1. The molecule has 0 bridgehead atoms. The Kier molecular flexibility index (Phi) is 2.65. The number of halogens is 2. The van der Waals surface area contributed by atoms with Gasteiger partial charge in [0.05, 0.1) is 0 Å². The third kappa shape index (κ3) is 1.64. The number of nitrogens with one attached hydrogen (secondary N) is 1. The zero-order valence-corrected chi connectivity index (χ0v) is 10.2. The van der Waals surface area contributed by atoms with Gasteiger partial charge in [-0.25, -0.2) is 13.8 Å². The van der Waals surface area contributed by atoms with Crippen molar-refractivity contribution in [3.8, 4) is 0 Å². The standard InChI is InChI=1S/C14H14F2N2/c1-17-13-9-4-2-3-5-12(9)18-14-10(13)6-8(15)7-11(14)16/h6-7H,2-5H2,1H3,(H,17,18). The van der Waals surface area contributed by atoms with Gasteiger partial charge in [-0.15, -0.1) is 0 Å². The maximum Gasteiger partial charge on any atom is 0.152 e. The fourth-order valence-corrected chi connectivity index (χ4v) is 2.74. The van der Waals surface area contributed by atoms with Gasteiger partial charge in [0.1, 0.15) is 11.3 Å². The van der Waals surface area contributed by atoms with E-state index in [0.717, 1.165) is 48.7 Å². The molecule has 0 fully saturated rings. The summed E-state index contributed by atoms with van der Waals surface area (Å²) < 4.78 is 27.2. The van der Waals surface area contributed by atoms with Crippen molar-refractivity contribution in [2.24, 2.45) is 0 Å². The summed E-state index contributed by atoms with van der Waals surface area (Å²) in [6.07, 6.45) is 3.98. The minimum atomic E-state index is -0.588. The van der Waals surface area contributed by atoms with Crippen molar-refractivity contribution < 1.29 is 8.78 Å². The molecule has 0 saturated heterocycles. The summed E-state index contributed by atoms with van der Waals surface area (Å²) in [6, 6.07) is 2.25. The Labute approximate surface area is 104 Å². The normalized spacial score (nSPS) is 14.6. The lowest BCUT2D eigenvalue weighted by atomic mass is 9.92. The molecule has 0 radical (unpaired) electrons. The predicted octanol–water partition coefficient (Wildman–Crippen LogP) is 3.43. The van der Waals surface area contributed by atoms with Crippen LogP contribution < -0.4 is 5.32 Å². The number of hydrogen-bond acceptors (Lipinski definition) is 2. The van der Waals surface area contributed by atoms with Gasteiger partial charge in [0.25, 0.3) is 0 Å². The third-order valence-corrected chi connectivity index (χ3v) is 3.53. The second kappa shape index (κ2) is 4.19. The average molecular weight is 248 g/mol. The lowest BCUT2D eigenvalue weighted by molar-refractivity contribution is 0.589. The molecule has 1 aromatic heterocycles. The Balaban J connectivity index is 2.40. The van der Waals surface area contributed by atoms with E-state index in [0.29, 0.717) is 5.39 Å². The molecular weight excluding hydrogens is 234 g/mol. The molecule has 0 saturated carbocycles. The molecule has 0 aliphatic heterocycles. The van der Waals surface area contributed by atoms with Crippen LogP contribution in [0.25, 0.3) is 10.9 Å². The Hall–Kier alpha value is -1.71. The summed E-state index contributed by atoms with van der Waals surface area (Å²) in [5, 5.41) is 3.62. The molecule has 94 valence electrons. The number of hydrogen-bond donors (Lipinski definition) is 1. The predicted molar refractivity (Wildman–Crippen MR) is 67.8 cm³/mol. The Bertz CT molecular complexity index is 623. The first kappa shape index (κ1) is 11.4. The molecule has 2 aromatic rings. The van der Waals surface area contributed by atoms with Crippen LogP contribution in [0.4, 0.5) is 14.5 Å². The molecule has 0 atom stereocenters. The van der Waals surface area contributed by atoms with Gasteiger partial charge in [-0.3, -0.25) is 0 Å². The highest BCUT2D eigenvalue weighted by molar-refractivity contribution is 5.93. The summed E-state index contributed by atoms with van der Waals surface area (Å²) in [7, 11) is 1.78. The Morgan fingerprint density at radius 3 is 2.72 bits per heavy atom. The molecule has 2 nitrogen and oxygen atoms in total.